The van der Waals surface area contributed by atoms with E-state index in [1.807, 2.05) is 36.7 Å². The molecular weight excluding hydrogens is 432 g/mol. The Hall–Kier alpha value is -3.61. The number of morpholine rings is 1. The van der Waals surface area contributed by atoms with E-state index in [0.717, 1.165) is 56.1 Å². The predicted octanol–water partition coefficient (Wildman–Crippen LogP) is 2.79. The maximum absolute atomic E-state index is 9.67. The monoisotopic (exact) mass is 458 g/mol. The Labute approximate surface area is 198 Å². The van der Waals surface area contributed by atoms with Gasteiger partial charge in [0.15, 0.2) is 0 Å². The lowest BCUT2D eigenvalue weighted by Gasteiger charge is -2.28. The summed E-state index contributed by atoms with van der Waals surface area (Å²) in [6, 6.07) is 9.67. The lowest BCUT2D eigenvalue weighted by Crippen LogP contribution is -2.36. The number of nitriles is 1. The fourth-order valence-electron chi connectivity index (χ4n) is 4.06. The minimum absolute atomic E-state index is 0.0759. The van der Waals surface area contributed by atoms with E-state index in [1.54, 1.807) is 6.20 Å². The second-order valence-corrected chi connectivity index (χ2v) is 8.24. The molecule has 0 amide bonds. The third-order valence-corrected chi connectivity index (χ3v) is 5.95. The third-order valence-electron chi connectivity index (χ3n) is 5.95. The van der Waals surface area contributed by atoms with Crippen LogP contribution in [0.4, 0.5) is 5.69 Å². The van der Waals surface area contributed by atoms with Crippen molar-refractivity contribution in [1.29, 1.82) is 5.26 Å². The van der Waals surface area contributed by atoms with Crippen molar-refractivity contribution < 1.29 is 14.2 Å². The molecule has 0 aliphatic carbocycles. The van der Waals surface area contributed by atoms with Gasteiger partial charge in [-0.25, -0.2) is 19.9 Å². The summed E-state index contributed by atoms with van der Waals surface area (Å²) < 4.78 is 16.8. The summed E-state index contributed by atoms with van der Waals surface area (Å²) in [5.74, 6) is 1.88. The highest BCUT2D eigenvalue weighted by Gasteiger charge is 2.18. The fraction of sp³-hybridized carbons (Fsp3) is 0.400. The van der Waals surface area contributed by atoms with Crippen LogP contribution in [0.1, 0.15) is 30.1 Å². The van der Waals surface area contributed by atoms with Gasteiger partial charge < -0.3 is 19.1 Å². The van der Waals surface area contributed by atoms with E-state index in [0.29, 0.717) is 42.6 Å². The van der Waals surface area contributed by atoms with E-state index in [4.69, 9.17) is 14.2 Å². The van der Waals surface area contributed by atoms with Gasteiger partial charge in [0.2, 0.25) is 0 Å². The van der Waals surface area contributed by atoms with Crippen LogP contribution < -0.4 is 9.64 Å². The Kier molecular flexibility index (Phi) is 6.89. The first-order valence-electron chi connectivity index (χ1n) is 11.5. The van der Waals surface area contributed by atoms with Gasteiger partial charge in [0, 0.05) is 37.7 Å². The van der Waals surface area contributed by atoms with Crippen LogP contribution in [-0.2, 0) is 15.9 Å². The van der Waals surface area contributed by atoms with Crippen LogP contribution in [0.3, 0.4) is 0 Å². The van der Waals surface area contributed by atoms with Crippen LogP contribution in [-0.4, -0.2) is 65.6 Å². The zero-order valence-corrected chi connectivity index (χ0v) is 18.9. The average Bonchev–Trinajstić information content (AvgIpc) is 2.91. The second kappa shape index (κ2) is 10.5. The zero-order chi connectivity index (χ0) is 23.2. The van der Waals surface area contributed by atoms with Gasteiger partial charge in [-0.05, 0) is 24.3 Å². The molecule has 174 valence electrons. The summed E-state index contributed by atoms with van der Waals surface area (Å²) >= 11 is 0. The fourth-order valence-corrected chi connectivity index (χ4v) is 4.06. The van der Waals surface area contributed by atoms with Crippen molar-refractivity contribution in [1.82, 2.24) is 19.9 Å². The van der Waals surface area contributed by atoms with Gasteiger partial charge in [0.25, 0.3) is 0 Å². The van der Waals surface area contributed by atoms with Crippen molar-refractivity contribution in [3.8, 4) is 23.1 Å². The quantitative estimate of drug-likeness (QED) is 0.551. The highest BCUT2D eigenvalue weighted by atomic mass is 16.5. The van der Waals surface area contributed by atoms with E-state index < -0.39 is 0 Å². The maximum Gasteiger partial charge on any atom is 0.137 e. The number of nitrogens with zero attached hydrogens (tertiary/aromatic N) is 6. The number of hydrogen-bond acceptors (Lipinski definition) is 9. The molecule has 9 nitrogen and oxygen atoms in total. The third kappa shape index (κ3) is 5.30. The number of rotatable bonds is 6. The topological polar surface area (TPSA) is 106 Å². The van der Waals surface area contributed by atoms with Crippen molar-refractivity contribution in [3.05, 3.63) is 60.1 Å². The number of benzene rings is 1. The van der Waals surface area contributed by atoms with E-state index >= 15 is 0 Å². The summed E-state index contributed by atoms with van der Waals surface area (Å²) in [6.45, 7) is 4.51. The average molecular weight is 459 g/mol. The normalized spacial score (nSPS) is 16.7. The molecule has 0 bridgehead atoms. The van der Waals surface area contributed by atoms with Crippen LogP contribution in [0.15, 0.2) is 42.9 Å². The van der Waals surface area contributed by atoms with Crippen molar-refractivity contribution in [2.24, 2.45) is 0 Å². The minimum atomic E-state index is 0.0759. The Bertz CT molecular complexity index is 1150. The summed E-state index contributed by atoms with van der Waals surface area (Å²) in [4.78, 5) is 20.3. The van der Waals surface area contributed by atoms with Crippen LogP contribution in [0.2, 0.25) is 0 Å². The smallest absolute Gasteiger partial charge is 0.137 e. The van der Waals surface area contributed by atoms with Crippen molar-refractivity contribution in [2.75, 3.05) is 44.4 Å². The minimum Gasteiger partial charge on any atom is -0.489 e. The molecule has 4 heterocycles. The number of aromatic nitrogens is 4. The van der Waals surface area contributed by atoms with Gasteiger partial charge in [-0.15, -0.1) is 0 Å². The molecule has 2 fully saturated rings. The van der Waals surface area contributed by atoms with Gasteiger partial charge in [0.05, 0.1) is 62.2 Å². The molecule has 0 spiro atoms. The molecule has 0 radical (unpaired) electrons. The zero-order valence-electron chi connectivity index (χ0n) is 18.9. The molecule has 0 N–H and O–H groups in total. The lowest BCUT2D eigenvalue weighted by molar-refractivity contribution is 0.0254. The maximum atomic E-state index is 9.67. The summed E-state index contributed by atoms with van der Waals surface area (Å²) in [7, 11) is 0. The molecule has 2 aliphatic heterocycles. The molecular formula is C25H26N6O3. The van der Waals surface area contributed by atoms with Gasteiger partial charge in [-0.3, -0.25) is 0 Å². The Morgan fingerprint density at radius 1 is 0.971 bits per heavy atom. The predicted molar refractivity (Wildman–Crippen MR) is 125 cm³/mol. The number of hydrogen-bond donors (Lipinski definition) is 0. The molecule has 0 atom stereocenters. The number of ether oxygens (including phenoxy) is 3. The summed E-state index contributed by atoms with van der Waals surface area (Å²) in [5.41, 5.74) is 3.06. The van der Waals surface area contributed by atoms with E-state index in [9.17, 15) is 5.26 Å². The molecule has 2 aliphatic rings. The van der Waals surface area contributed by atoms with Gasteiger partial charge in [-0.1, -0.05) is 0 Å². The van der Waals surface area contributed by atoms with Crippen molar-refractivity contribution in [2.45, 2.75) is 25.4 Å². The molecule has 1 aromatic carbocycles. The largest absolute Gasteiger partial charge is 0.489 e. The van der Waals surface area contributed by atoms with Gasteiger partial charge in [0.1, 0.15) is 29.6 Å². The first-order chi connectivity index (χ1) is 16.8. The molecule has 0 unspecified atom stereocenters. The molecule has 0 saturated carbocycles. The first kappa shape index (κ1) is 22.2. The summed E-state index contributed by atoms with van der Waals surface area (Å²) in [5, 5.41) is 9.67. The summed E-state index contributed by atoms with van der Waals surface area (Å²) in [6.07, 6.45) is 7.56. The van der Waals surface area contributed by atoms with Crippen molar-refractivity contribution >= 4 is 5.69 Å². The van der Waals surface area contributed by atoms with Crippen LogP contribution >= 0.6 is 0 Å². The molecule has 9 heteroatoms. The van der Waals surface area contributed by atoms with Crippen LogP contribution in [0, 0.1) is 11.3 Å². The van der Waals surface area contributed by atoms with E-state index in [-0.39, 0.29) is 6.10 Å². The van der Waals surface area contributed by atoms with Crippen LogP contribution in [0.25, 0.3) is 11.3 Å². The first-order valence-corrected chi connectivity index (χ1v) is 11.5. The Balaban J connectivity index is 1.29. The molecule has 2 saturated heterocycles. The molecule has 5 rings (SSSR count). The Morgan fingerprint density at radius 2 is 1.74 bits per heavy atom. The highest BCUT2D eigenvalue weighted by molar-refractivity contribution is 5.64. The SMILES string of the molecule is N#Cc1cc(-c2ccnc(Cc3ncc(N4CCOCC4)cn3)n2)ccc1OC1CCOCC1. The molecule has 2 aromatic heterocycles. The van der Waals surface area contributed by atoms with Crippen molar-refractivity contribution in [3.63, 3.8) is 0 Å². The number of anilines is 1. The van der Waals surface area contributed by atoms with E-state index in [2.05, 4.69) is 30.9 Å². The highest BCUT2D eigenvalue weighted by Crippen LogP contribution is 2.27. The van der Waals surface area contributed by atoms with E-state index in [1.165, 1.54) is 0 Å². The lowest BCUT2D eigenvalue weighted by atomic mass is 10.1. The van der Waals surface area contributed by atoms with Crippen LogP contribution in [0.5, 0.6) is 5.75 Å². The van der Waals surface area contributed by atoms with Gasteiger partial charge >= 0.3 is 0 Å². The van der Waals surface area contributed by atoms with Gasteiger partial charge in [-0.2, -0.15) is 5.26 Å². The molecule has 3 aromatic rings. The standard InChI is InChI=1S/C25H26N6O3/c26-15-19-13-18(1-2-23(19)34-21-4-9-32-10-5-21)22-3-6-27-25(30-22)14-24-28-16-20(17-29-24)31-7-11-33-12-8-31/h1-3,6,13,16-17,21H,4-5,7-12,14H2. The second-order valence-electron chi connectivity index (χ2n) is 8.24. The Morgan fingerprint density at radius 3 is 2.50 bits per heavy atom. The molecule has 34 heavy (non-hydrogen) atoms.